The van der Waals surface area contributed by atoms with Crippen molar-refractivity contribution in [3.63, 3.8) is 0 Å². The van der Waals surface area contributed by atoms with Crippen LogP contribution < -0.4 is 5.32 Å². The van der Waals surface area contributed by atoms with Gasteiger partial charge in [-0.25, -0.2) is 0 Å². The molecule has 84 valence electrons. The van der Waals surface area contributed by atoms with Crippen molar-refractivity contribution in [3.05, 3.63) is 53.6 Å². The highest BCUT2D eigenvalue weighted by Crippen LogP contribution is 2.31. The number of anilines is 2. The van der Waals surface area contributed by atoms with Gasteiger partial charge in [0.2, 0.25) is 0 Å². The lowest BCUT2D eigenvalue weighted by molar-refractivity contribution is 0.0994. The SMILES string of the molecule is O=C1Cc2ccccc2Nc2ccc(O)cc21. The lowest BCUT2D eigenvalue weighted by Crippen LogP contribution is -2.01. The van der Waals surface area contributed by atoms with Crippen molar-refractivity contribution in [1.29, 1.82) is 0 Å². The van der Waals surface area contributed by atoms with Gasteiger partial charge in [0.05, 0.1) is 0 Å². The van der Waals surface area contributed by atoms with Gasteiger partial charge >= 0.3 is 0 Å². The average molecular weight is 225 g/mol. The third-order valence-corrected chi connectivity index (χ3v) is 2.94. The van der Waals surface area contributed by atoms with Crippen molar-refractivity contribution in [1.82, 2.24) is 0 Å². The minimum Gasteiger partial charge on any atom is -0.508 e. The van der Waals surface area contributed by atoms with Gasteiger partial charge in [-0.1, -0.05) is 18.2 Å². The maximum Gasteiger partial charge on any atom is 0.169 e. The first-order valence-electron chi connectivity index (χ1n) is 5.45. The summed E-state index contributed by atoms with van der Waals surface area (Å²) in [4.78, 5) is 12.1. The Kier molecular flexibility index (Phi) is 2.11. The van der Waals surface area contributed by atoms with Crippen LogP contribution in [0.1, 0.15) is 15.9 Å². The van der Waals surface area contributed by atoms with E-state index in [4.69, 9.17) is 0 Å². The number of hydrogen-bond acceptors (Lipinski definition) is 3. The molecule has 1 aliphatic heterocycles. The van der Waals surface area contributed by atoms with E-state index in [-0.39, 0.29) is 11.5 Å². The average Bonchev–Trinajstić information content (AvgIpc) is 2.46. The summed E-state index contributed by atoms with van der Waals surface area (Å²) >= 11 is 0. The van der Waals surface area contributed by atoms with Crippen molar-refractivity contribution in [2.75, 3.05) is 5.32 Å². The molecule has 0 saturated heterocycles. The third-order valence-electron chi connectivity index (χ3n) is 2.94. The van der Waals surface area contributed by atoms with Gasteiger partial charge in [-0.15, -0.1) is 0 Å². The van der Waals surface area contributed by atoms with Crippen molar-refractivity contribution in [2.45, 2.75) is 6.42 Å². The van der Waals surface area contributed by atoms with E-state index in [2.05, 4.69) is 5.32 Å². The zero-order valence-electron chi connectivity index (χ0n) is 9.10. The number of hydrogen-bond donors (Lipinski definition) is 2. The van der Waals surface area contributed by atoms with Crippen LogP contribution in [0.3, 0.4) is 0 Å². The Bertz CT molecular complexity index is 605. The topological polar surface area (TPSA) is 49.3 Å². The second-order valence-electron chi connectivity index (χ2n) is 4.11. The number of rotatable bonds is 0. The van der Waals surface area contributed by atoms with Gasteiger partial charge in [0.15, 0.2) is 5.78 Å². The molecule has 3 heteroatoms. The molecule has 0 radical (unpaired) electrons. The smallest absolute Gasteiger partial charge is 0.169 e. The standard InChI is InChI=1S/C14H11NO2/c16-10-5-6-13-11(8-10)14(17)7-9-3-1-2-4-12(9)15-13/h1-6,8,15-16H,7H2. The first kappa shape index (κ1) is 9.90. The summed E-state index contributed by atoms with van der Waals surface area (Å²) in [6.07, 6.45) is 0.361. The molecule has 2 N–H and O–H groups in total. The van der Waals surface area contributed by atoms with Crippen LogP contribution in [0.15, 0.2) is 42.5 Å². The molecule has 1 heterocycles. The second-order valence-corrected chi connectivity index (χ2v) is 4.11. The monoisotopic (exact) mass is 225 g/mol. The number of nitrogens with one attached hydrogen (secondary N) is 1. The van der Waals surface area contributed by atoms with Gasteiger partial charge in [0, 0.05) is 23.4 Å². The Morgan fingerprint density at radius 1 is 1.06 bits per heavy atom. The Morgan fingerprint density at radius 2 is 1.88 bits per heavy atom. The van der Waals surface area contributed by atoms with Crippen LogP contribution in [0.4, 0.5) is 11.4 Å². The Balaban J connectivity index is 2.17. The van der Waals surface area contributed by atoms with Crippen LogP contribution in [0, 0.1) is 0 Å². The highest BCUT2D eigenvalue weighted by Gasteiger charge is 2.19. The molecule has 2 aromatic rings. The quantitative estimate of drug-likeness (QED) is 0.678. The minimum atomic E-state index is 0.0216. The van der Waals surface area contributed by atoms with Crippen molar-refractivity contribution < 1.29 is 9.90 Å². The number of carbonyl (C=O) groups is 1. The third kappa shape index (κ3) is 1.65. The molecule has 0 amide bonds. The van der Waals surface area contributed by atoms with E-state index in [1.54, 1.807) is 12.1 Å². The molecule has 3 nitrogen and oxygen atoms in total. The molecule has 0 aliphatic carbocycles. The molecule has 1 aliphatic rings. The van der Waals surface area contributed by atoms with E-state index in [0.717, 1.165) is 16.9 Å². The molecular weight excluding hydrogens is 214 g/mol. The molecule has 0 spiro atoms. The number of Topliss-reactive ketones (excluding diaryl/α,β-unsaturated/α-hetero) is 1. The largest absolute Gasteiger partial charge is 0.508 e. The predicted molar refractivity (Wildman–Crippen MR) is 65.9 cm³/mol. The van der Waals surface area contributed by atoms with Crippen LogP contribution in [0.2, 0.25) is 0 Å². The molecule has 0 atom stereocenters. The van der Waals surface area contributed by atoms with Gasteiger partial charge in [0.25, 0.3) is 0 Å². The van der Waals surface area contributed by atoms with E-state index < -0.39 is 0 Å². The zero-order chi connectivity index (χ0) is 11.8. The number of benzene rings is 2. The molecule has 0 aromatic heterocycles. The Hall–Kier alpha value is -2.29. The normalized spacial score (nSPS) is 13.3. The summed E-state index contributed by atoms with van der Waals surface area (Å²) < 4.78 is 0. The maximum absolute atomic E-state index is 12.1. The summed E-state index contributed by atoms with van der Waals surface area (Å²) in [6, 6.07) is 12.5. The van der Waals surface area contributed by atoms with Crippen molar-refractivity contribution in [3.8, 4) is 5.75 Å². The zero-order valence-corrected chi connectivity index (χ0v) is 9.10. The van der Waals surface area contributed by atoms with Crippen LogP contribution in [-0.2, 0) is 6.42 Å². The number of ketones is 1. The van der Waals surface area contributed by atoms with Crippen LogP contribution >= 0.6 is 0 Å². The lowest BCUT2D eigenvalue weighted by atomic mass is 10.0. The lowest BCUT2D eigenvalue weighted by Gasteiger charge is -2.08. The molecular formula is C14H11NO2. The van der Waals surface area contributed by atoms with E-state index in [0.29, 0.717) is 12.0 Å². The summed E-state index contributed by atoms with van der Waals surface area (Å²) in [7, 11) is 0. The molecule has 0 fully saturated rings. The Labute approximate surface area is 98.7 Å². The van der Waals surface area contributed by atoms with Crippen molar-refractivity contribution in [2.24, 2.45) is 0 Å². The van der Waals surface area contributed by atoms with Crippen molar-refractivity contribution >= 4 is 17.2 Å². The summed E-state index contributed by atoms with van der Waals surface area (Å²) in [6.45, 7) is 0. The van der Waals surface area contributed by atoms with Gasteiger partial charge < -0.3 is 10.4 Å². The number of para-hydroxylation sites is 1. The first-order chi connectivity index (χ1) is 8.24. The molecule has 0 bridgehead atoms. The molecule has 0 unspecified atom stereocenters. The van der Waals surface area contributed by atoms with E-state index >= 15 is 0 Å². The fourth-order valence-electron chi connectivity index (χ4n) is 2.08. The molecule has 2 aromatic carbocycles. The second kappa shape index (κ2) is 3.63. The summed E-state index contributed by atoms with van der Waals surface area (Å²) in [5.74, 6) is 0.137. The number of phenols is 1. The number of carbonyl (C=O) groups excluding carboxylic acids is 1. The number of phenolic OH excluding ortho intramolecular Hbond substituents is 1. The summed E-state index contributed by atoms with van der Waals surface area (Å²) in [5, 5.41) is 12.7. The fourth-order valence-corrected chi connectivity index (χ4v) is 2.08. The van der Waals surface area contributed by atoms with Crippen LogP contribution in [0.5, 0.6) is 5.75 Å². The summed E-state index contributed by atoms with van der Waals surface area (Å²) in [5.41, 5.74) is 3.22. The number of fused-ring (bicyclic) bond motifs is 2. The number of aromatic hydroxyl groups is 1. The Morgan fingerprint density at radius 3 is 2.76 bits per heavy atom. The van der Waals surface area contributed by atoms with E-state index in [1.165, 1.54) is 6.07 Å². The molecule has 3 rings (SSSR count). The van der Waals surface area contributed by atoms with Crippen LogP contribution in [0.25, 0.3) is 0 Å². The molecule has 0 saturated carbocycles. The van der Waals surface area contributed by atoms with Gasteiger partial charge in [0.1, 0.15) is 5.75 Å². The highest BCUT2D eigenvalue weighted by atomic mass is 16.3. The van der Waals surface area contributed by atoms with Gasteiger partial charge in [-0.3, -0.25) is 4.79 Å². The van der Waals surface area contributed by atoms with E-state index in [1.807, 2.05) is 24.3 Å². The molecule has 17 heavy (non-hydrogen) atoms. The first-order valence-corrected chi connectivity index (χ1v) is 5.45. The maximum atomic E-state index is 12.1. The van der Waals surface area contributed by atoms with Crippen LogP contribution in [-0.4, -0.2) is 10.9 Å². The van der Waals surface area contributed by atoms with Gasteiger partial charge in [-0.05, 0) is 29.8 Å². The predicted octanol–water partition coefficient (Wildman–Crippen LogP) is 2.87. The van der Waals surface area contributed by atoms with Gasteiger partial charge in [-0.2, -0.15) is 0 Å². The fraction of sp³-hybridized carbons (Fsp3) is 0.0714. The minimum absolute atomic E-state index is 0.0216. The highest BCUT2D eigenvalue weighted by molar-refractivity contribution is 6.05. The van der Waals surface area contributed by atoms with E-state index in [9.17, 15) is 9.90 Å².